The van der Waals surface area contributed by atoms with Crippen molar-refractivity contribution in [1.82, 2.24) is 5.32 Å². The van der Waals surface area contributed by atoms with E-state index in [1.54, 1.807) is 31.4 Å². The van der Waals surface area contributed by atoms with Gasteiger partial charge in [0.15, 0.2) is 5.72 Å². The molecule has 0 aliphatic carbocycles. The normalized spacial score (nSPS) is 20.1. The van der Waals surface area contributed by atoms with Gasteiger partial charge >= 0.3 is 0 Å². The number of halogens is 2. The number of benzene rings is 2. The lowest BCUT2D eigenvalue weighted by Crippen LogP contribution is -2.40. The molecular formula is C15H11Cl2NO3. The van der Waals surface area contributed by atoms with Gasteiger partial charge in [0.25, 0.3) is 5.91 Å². The largest absolute Gasteiger partial charge is 0.497 e. The van der Waals surface area contributed by atoms with Crippen molar-refractivity contribution in [1.29, 1.82) is 0 Å². The van der Waals surface area contributed by atoms with Crippen molar-refractivity contribution < 1.29 is 14.6 Å². The summed E-state index contributed by atoms with van der Waals surface area (Å²) in [4.78, 5) is 12.0. The van der Waals surface area contributed by atoms with Crippen molar-refractivity contribution in [3.63, 3.8) is 0 Å². The molecule has 2 aromatic rings. The van der Waals surface area contributed by atoms with Crippen molar-refractivity contribution >= 4 is 29.1 Å². The summed E-state index contributed by atoms with van der Waals surface area (Å²) < 4.78 is 5.08. The van der Waals surface area contributed by atoms with Crippen LogP contribution >= 0.6 is 23.2 Å². The number of aliphatic hydroxyl groups is 1. The Morgan fingerprint density at radius 1 is 1.14 bits per heavy atom. The summed E-state index contributed by atoms with van der Waals surface area (Å²) in [6, 6.07) is 9.72. The highest BCUT2D eigenvalue weighted by Gasteiger charge is 2.43. The number of fused-ring (bicyclic) bond motifs is 1. The highest BCUT2D eigenvalue weighted by molar-refractivity contribution is 6.42. The fourth-order valence-corrected chi connectivity index (χ4v) is 2.72. The van der Waals surface area contributed by atoms with Crippen LogP contribution in [0.3, 0.4) is 0 Å². The highest BCUT2D eigenvalue weighted by atomic mass is 35.5. The first kappa shape index (κ1) is 14.2. The van der Waals surface area contributed by atoms with Crippen LogP contribution in [0, 0.1) is 0 Å². The summed E-state index contributed by atoms with van der Waals surface area (Å²) in [5, 5.41) is 14.0. The summed E-state index contributed by atoms with van der Waals surface area (Å²) >= 11 is 11.9. The molecule has 2 N–H and O–H groups in total. The van der Waals surface area contributed by atoms with E-state index in [1.165, 1.54) is 12.1 Å². The number of carbonyl (C=O) groups is 1. The molecule has 1 amide bonds. The van der Waals surface area contributed by atoms with Gasteiger partial charge in [-0.05, 0) is 24.3 Å². The molecular weight excluding hydrogens is 313 g/mol. The first-order valence-electron chi connectivity index (χ1n) is 6.14. The highest BCUT2D eigenvalue weighted by Crippen LogP contribution is 2.39. The van der Waals surface area contributed by atoms with Crippen LogP contribution in [0.15, 0.2) is 36.4 Å². The van der Waals surface area contributed by atoms with E-state index in [9.17, 15) is 9.90 Å². The Bertz CT molecular complexity index is 730. The Balaban J connectivity index is 2.15. The lowest BCUT2D eigenvalue weighted by atomic mass is 9.94. The zero-order valence-electron chi connectivity index (χ0n) is 11.0. The summed E-state index contributed by atoms with van der Waals surface area (Å²) in [7, 11) is 1.55. The minimum Gasteiger partial charge on any atom is -0.497 e. The molecule has 1 unspecified atom stereocenters. The van der Waals surface area contributed by atoms with Gasteiger partial charge in [0.1, 0.15) is 5.75 Å². The molecule has 0 bridgehead atoms. The van der Waals surface area contributed by atoms with Gasteiger partial charge in [-0.15, -0.1) is 0 Å². The van der Waals surface area contributed by atoms with Crippen molar-refractivity contribution in [2.75, 3.05) is 7.11 Å². The molecule has 0 saturated heterocycles. The number of ether oxygens (including phenoxy) is 1. The van der Waals surface area contributed by atoms with Crippen molar-refractivity contribution in [2.24, 2.45) is 0 Å². The first-order chi connectivity index (χ1) is 9.95. The molecule has 6 heteroatoms. The summed E-state index contributed by atoms with van der Waals surface area (Å²) in [5.74, 6) is 0.253. The molecule has 3 rings (SSSR count). The second-order valence-electron chi connectivity index (χ2n) is 4.70. The van der Waals surface area contributed by atoms with Crippen molar-refractivity contribution in [3.8, 4) is 5.75 Å². The average Bonchev–Trinajstić information content (AvgIpc) is 2.72. The van der Waals surface area contributed by atoms with Crippen LogP contribution in [0.2, 0.25) is 10.0 Å². The Kier molecular flexibility index (Phi) is 3.32. The van der Waals surface area contributed by atoms with Crippen LogP contribution in [-0.4, -0.2) is 18.1 Å². The Hall–Kier alpha value is -1.75. The number of hydrogen-bond donors (Lipinski definition) is 2. The van der Waals surface area contributed by atoms with E-state index in [1.807, 2.05) is 0 Å². The van der Waals surface area contributed by atoms with Gasteiger partial charge < -0.3 is 15.2 Å². The summed E-state index contributed by atoms with van der Waals surface area (Å²) in [6.07, 6.45) is 0. The van der Waals surface area contributed by atoms with E-state index in [0.29, 0.717) is 22.4 Å². The molecule has 0 fully saturated rings. The summed E-state index contributed by atoms with van der Waals surface area (Å²) in [5.41, 5.74) is -0.434. The zero-order chi connectivity index (χ0) is 15.2. The van der Waals surface area contributed by atoms with Crippen LogP contribution in [0.25, 0.3) is 0 Å². The molecule has 2 aromatic carbocycles. The molecule has 21 heavy (non-hydrogen) atoms. The maximum absolute atomic E-state index is 12.0. The minimum absolute atomic E-state index is 0.268. The third kappa shape index (κ3) is 2.16. The lowest BCUT2D eigenvalue weighted by Gasteiger charge is -2.24. The van der Waals surface area contributed by atoms with E-state index in [0.717, 1.165) is 0 Å². The average molecular weight is 324 g/mol. The molecule has 0 spiro atoms. The van der Waals surface area contributed by atoms with Crippen LogP contribution in [0.1, 0.15) is 21.5 Å². The monoisotopic (exact) mass is 323 g/mol. The second-order valence-corrected chi connectivity index (χ2v) is 5.52. The molecule has 1 atom stereocenters. The third-order valence-corrected chi connectivity index (χ3v) is 4.22. The van der Waals surface area contributed by atoms with Gasteiger partial charge in [0.05, 0.1) is 17.2 Å². The Labute approximate surface area is 131 Å². The van der Waals surface area contributed by atoms with Crippen LogP contribution in [-0.2, 0) is 5.72 Å². The van der Waals surface area contributed by atoms with Gasteiger partial charge in [-0.25, -0.2) is 0 Å². The fraction of sp³-hybridized carbons (Fsp3) is 0.133. The minimum atomic E-state index is -1.63. The maximum atomic E-state index is 12.0. The number of carbonyl (C=O) groups excluding carboxylic acids is 1. The zero-order valence-corrected chi connectivity index (χ0v) is 12.5. The van der Waals surface area contributed by atoms with E-state index < -0.39 is 11.6 Å². The second kappa shape index (κ2) is 4.91. The predicted molar refractivity (Wildman–Crippen MR) is 79.9 cm³/mol. The van der Waals surface area contributed by atoms with Crippen molar-refractivity contribution in [3.05, 3.63) is 63.1 Å². The van der Waals surface area contributed by atoms with Gasteiger partial charge in [0, 0.05) is 16.7 Å². The quantitative estimate of drug-likeness (QED) is 0.893. The molecule has 0 saturated carbocycles. The predicted octanol–water partition coefficient (Wildman–Crippen LogP) is 2.94. The van der Waals surface area contributed by atoms with E-state index in [4.69, 9.17) is 27.9 Å². The Morgan fingerprint density at radius 3 is 2.38 bits per heavy atom. The molecule has 1 heterocycles. The molecule has 108 valence electrons. The van der Waals surface area contributed by atoms with Crippen LogP contribution in [0.4, 0.5) is 0 Å². The smallest absolute Gasteiger partial charge is 0.254 e. The van der Waals surface area contributed by atoms with Crippen LogP contribution < -0.4 is 10.1 Å². The van der Waals surface area contributed by atoms with E-state index in [2.05, 4.69) is 5.32 Å². The number of nitrogens with one attached hydrogen (secondary N) is 1. The number of amides is 1. The molecule has 0 aromatic heterocycles. The molecule has 4 nitrogen and oxygen atoms in total. The van der Waals surface area contributed by atoms with Gasteiger partial charge in [-0.3, -0.25) is 4.79 Å². The molecule has 0 radical (unpaired) electrons. The van der Waals surface area contributed by atoms with E-state index >= 15 is 0 Å². The third-order valence-electron chi connectivity index (χ3n) is 3.50. The standard InChI is InChI=1S/C15H11Cl2NO3/c1-21-9-4-2-8(3-5-9)15(20)11-7-13(17)12(16)6-10(11)14(19)18-15/h2-7,20H,1H3,(H,18,19). The number of methoxy groups -OCH3 is 1. The van der Waals surface area contributed by atoms with Gasteiger partial charge in [0.2, 0.25) is 0 Å². The number of hydrogen-bond acceptors (Lipinski definition) is 3. The lowest BCUT2D eigenvalue weighted by molar-refractivity contribution is 0.0476. The molecule has 1 aliphatic heterocycles. The SMILES string of the molecule is COc1ccc(C2(O)NC(=O)c3cc(Cl)c(Cl)cc32)cc1. The maximum Gasteiger partial charge on any atom is 0.254 e. The van der Waals surface area contributed by atoms with E-state index in [-0.39, 0.29) is 10.0 Å². The molecule has 1 aliphatic rings. The first-order valence-corrected chi connectivity index (χ1v) is 6.90. The van der Waals surface area contributed by atoms with Gasteiger partial charge in [-0.1, -0.05) is 35.3 Å². The van der Waals surface area contributed by atoms with Gasteiger partial charge in [-0.2, -0.15) is 0 Å². The Morgan fingerprint density at radius 2 is 1.76 bits per heavy atom. The van der Waals surface area contributed by atoms with Crippen molar-refractivity contribution in [2.45, 2.75) is 5.72 Å². The van der Waals surface area contributed by atoms with Crippen LogP contribution in [0.5, 0.6) is 5.75 Å². The topological polar surface area (TPSA) is 58.6 Å². The number of rotatable bonds is 2. The summed E-state index contributed by atoms with van der Waals surface area (Å²) in [6.45, 7) is 0. The fourth-order valence-electron chi connectivity index (χ4n) is 2.39.